The maximum atomic E-state index is 12.8. The van der Waals surface area contributed by atoms with Crippen LogP contribution >= 0.6 is 0 Å². The van der Waals surface area contributed by atoms with Crippen molar-refractivity contribution in [2.24, 2.45) is 35.3 Å². The first kappa shape index (κ1) is 19.6. The lowest BCUT2D eigenvalue weighted by Crippen LogP contribution is -2.56. The Labute approximate surface area is 158 Å². The number of rotatable bonds is 8. The molecule has 0 aromatic carbocycles. The lowest BCUT2D eigenvalue weighted by Gasteiger charge is -2.53. The standard InChI is InChI=1S/C19H29N3O5/c1-9(17(24)22-14(19(26)27)2-3-15(20)23)21-18(25)16-12-5-10-4-11(7-12)8-13(16)6-10/h9-14,16H,2-8H2,1H3,(H2,20,23)(H,21,25)(H,22,24)(H,26,27)/p-1/t9-,10?,11?,12?,13?,14-,16?/m1/s1. The number of carboxylic acid groups (broad SMARTS) is 1. The normalized spacial score (nSPS) is 33.1. The summed E-state index contributed by atoms with van der Waals surface area (Å²) in [5.41, 5.74) is 5.02. The topological polar surface area (TPSA) is 141 Å². The molecule has 2 atom stereocenters. The smallest absolute Gasteiger partial charge is 0.242 e. The van der Waals surface area contributed by atoms with Crippen molar-refractivity contribution in [1.82, 2.24) is 10.6 Å². The number of nitrogens with one attached hydrogen (secondary N) is 2. The molecular formula is C19H28N3O5-. The average Bonchev–Trinajstić information content (AvgIpc) is 2.56. The Balaban J connectivity index is 1.53. The molecule has 0 aromatic rings. The van der Waals surface area contributed by atoms with Crippen molar-refractivity contribution in [2.75, 3.05) is 0 Å². The van der Waals surface area contributed by atoms with E-state index in [0.717, 1.165) is 37.5 Å². The molecule has 0 saturated heterocycles. The summed E-state index contributed by atoms with van der Waals surface area (Å²) in [4.78, 5) is 47.1. The van der Waals surface area contributed by atoms with Gasteiger partial charge in [-0.25, -0.2) is 0 Å². The zero-order valence-electron chi connectivity index (χ0n) is 15.6. The van der Waals surface area contributed by atoms with Gasteiger partial charge in [0.2, 0.25) is 17.7 Å². The van der Waals surface area contributed by atoms with Crippen molar-refractivity contribution < 1.29 is 24.3 Å². The fourth-order valence-corrected chi connectivity index (χ4v) is 5.56. The zero-order chi connectivity index (χ0) is 19.7. The molecule has 4 aliphatic carbocycles. The number of carbonyl (C=O) groups excluding carboxylic acids is 4. The van der Waals surface area contributed by atoms with E-state index < -0.39 is 29.9 Å². The molecule has 3 amide bonds. The average molecular weight is 378 g/mol. The first-order chi connectivity index (χ1) is 12.7. The highest BCUT2D eigenvalue weighted by Crippen LogP contribution is 2.56. The van der Waals surface area contributed by atoms with Gasteiger partial charge in [0.15, 0.2) is 0 Å². The van der Waals surface area contributed by atoms with Crippen LogP contribution in [0.5, 0.6) is 0 Å². The summed E-state index contributed by atoms with van der Waals surface area (Å²) < 4.78 is 0. The minimum Gasteiger partial charge on any atom is -0.548 e. The second kappa shape index (κ2) is 7.86. The Bertz CT molecular complexity index is 607. The van der Waals surface area contributed by atoms with E-state index in [4.69, 9.17) is 5.73 Å². The molecule has 0 aromatic heterocycles. The second-order valence-corrected chi connectivity index (χ2v) is 8.57. The van der Waals surface area contributed by atoms with Crippen molar-refractivity contribution >= 4 is 23.7 Å². The van der Waals surface area contributed by atoms with Crippen LogP contribution in [-0.2, 0) is 19.2 Å². The van der Waals surface area contributed by atoms with E-state index in [1.807, 2.05) is 0 Å². The van der Waals surface area contributed by atoms with Gasteiger partial charge in [0.1, 0.15) is 6.04 Å². The van der Waals surface area contributed by atoms with Gasteiger partial charge in [-0.1, -0.05) is 0 Å². The van der Waals surface area contributed by atoms with Crippen molar-refractivity contribution in [3.8, 4) is 0 Å². The van der Waals surface area contributed by atoms with Crippen LogP contribution in [0.15, 0.2) is 0 Å². The SMILES string of the molecule is C[C@@H](NC(=O)C1C2CC3CC(C2)CC1C3)C(=O)N[C@H](CCC(N)=O)C(=O)[O-]. The van der Waals surface area contributed by atoms with E-state index >= 15 is 0 Å². The predicted molar refractivity (Wildman–Crippen MR) is 93.5 cm³/mol. The maximum absolute atomic E-state index is 12.8. The fourth-order valence-electron chi connectivity index (χ4n) is 5.56. The largest absolute Gasteiger partial charge is 0.548 e. The monoisotopic (exact) mass is 378 g/mol. The maximum Gasteiger partial charge on any atom is 0.242 e. The molecule has 0 spiro atoms. The Hall–Kier alpha value is -2.12. The van der Waals surface area contributed by atoms with Gasteiger partial charge in [-0.05, 0) is 69.1 Å². The van der Waals surface area contributed by atoms with Crippen LogP contribution in [0.3, 0.4) is 0 Å². The molecule has 8 nitrogen and oxygen atoms in total. The molecule has 4 N–H and O–H groups in total. The number of primary amides is 1. The van der Waals surface area contributed by atoms with Crippen molar-refractivity contribution in [3.63, 3.8) is 0 Å². The number of aliphatic carboxylic acids is 1. The van der Waals surface area contributed by atoms with Crippen LogP contribution in [0.1, 0.15) is 51.9 Å². The quantitative estimate of drug-likeness (QED) is 0.500. The predicted octanol–water partition coefficient (Wildman–Crippen LogP) is -0.936. The van der Waals surface area contributed by atoms with E-state index in [2.05, 4.69) is 10.6 Å². The van der Waals surface area contributed by atoms with Gasteiger partial charge in [0, 0.05) is 12.3 Å². The molecule has 4 saturated carbocycles. The number of hydrogen-bond donors (Lipinski definition) is 3. The summed E-state index contributed by atoms with van der Waals surface area (Å²) in [5, 5.41) is 16.2. The molecular weight excluding hydrogens is 350 g/mol. The van der Waals surface area contributed by atoms with Gasteiger partial charge < -0.3 is 26.3 Å². The number of carbonyl (C=O) groups is 4. The molecule has 4 rings (SSSR count). The second-order valence-electron chi connectivity index (χ2n) is 8.57. The molecule has 0 aliphatic heterocycles. The van der Waals surface area contributed by atoms with Crippen molar-refractivity contribution in [3.05, 3.63) is 0 Å². The van der Waals surface area contributed by atoms with Gasteiger partial charge in [0.25, 0.3) is 0 Å². The summed E-state index contributed by atoms with van der Waals surface area (Å²) in [6.07, 6.45) is 5.40. The Morgan fingerprint density at radius 2 is 1.56 bits per heavy atom. The van der Waals surface area contributed by atoms with E-state index in [9.17, 15) is 24.3 Å². The van der Waals surface area contributed by atoms with Gasteiger partial charge in [-0.3, -0.25) is 14.4 Å². The Morgan fingerprint density at radius 1 is 1.00 bits per heavy atom. The molecule has 8 heteroatoms. The van der Waals surface area contributed by atoms with E-state index in [-0.39, 0.29) is 24.7 Å². The number of hydrogen-bond acceptors (Lipinski definition) is 5. The van der Waals surface area contributed by atoms with Crippen LogP contribution in [0.4, 0.5) is 0 Å². The van der Waals surface area contributed by atoms with Crippen molar-refractivity contribution in [1.29, 1.82) is 0 Å². The van der Waals surface area contributed by atoms with Crippen LogP contribution in [0.2, 0.25) is 0 Å². The Kier molecular flexibility index (Phi) is 5.72. The van der Waals surface area contributed by atoms with Crippen LogP contribution < -0.4 is 21.5 Å². The molecule has 0 unspecified atom stereocenters. The molecule has 0 heterocycles. The molecule has 4 bridgehead atoms. The van der Waals surface area contributed by atoms with E-state index in [0.29, 0.717) is 11.8 Å². The summed E-state index contributed by atoms with van der Waals surface area (Å²) in [6.45, 7) is 1.53. The van der Waals surface area contributed by atoms with Gasteiger partial charge >= 0.3 is 0 Å². The summed E-state index contributed by atoms with van der Waals surface area (Å²) >= 11 is 0. The minimum atomic E-state index is -1.48. The summed E-state index contributed by atoms with van der Waals surface area (Å²) in [7, 11) is 0. The highest BCUT2D eigenvalue weighted by Gasteiger charge is 2.50. The third-order valence-electron chi connectivity index (χ3n) is 6.56. The van der Waals surface area contributed by atoms with Gasteiger partial charge in [-0.15, -0.1) is 0 Å². The Morgan fingerprint density at radius 3 is 2.04 bits per heavy atom. The first-order valence-electron chi connectivity index (χ1n) is 9.84. The molecule has 0 radical (unpaired) electrons. The molecule has 4 fully saturated rings. The van der Waals surface area contributed by atoms with Gasteiger partial charge in [-0.2, -0.15) is 0 Å². The molecule has 4 aliphatic rings. The number of amides is 3. The van der Waals surface area contributed by atoms with Crippen LogP contribution in [0, 0.1) is 29.6 Å². The minimum absolute atomic E-state index is 0.0418. The fraction of sp³-hybridized carbons (Fsp3) is 0.789. The van der Waals surface area contributed by atoms with E-state index in [1.54, 1.807) is 0 Å². The number of nitrogens with two attached hydrogens (primary N) is 1. The van der Waals surface area contributed by atoms with Crippen LogP contribution in [0.25, 0.3) is 0 Å². The van der Waals surface area contributed by atoms with Crippen molar-refractivity contribution in [2.45, 2.75) is 64.0 Å². The van der Waals surface area contributed by atoms with Gasteiger partial charge in [0.05, 0.1) is 12.0 Å². The highest BCUT2D eigenvalue weighted by molar-refractivity contribution is 5.90. The third-order valence-corrected chi connectivity index (χ3v) is 6.56. The summed E-state index contributed by atoms with van der Waals surface area (Å²) in [5.74, 6) is -0.564. The first-order valence-corrected chi connectivity index (χ1v) is 9.84. The van der Waals surface area contributed by atoms with Crippen LogP contribution in [-0.4, -0.2) is 35.8 Å². The zero-order valence-corrected chi connectivity index (χ0v) is 15.6. The molecule has 27 heavy (non-hydrogen) atoms. The van der Waals surface area contributed by atoms with E-state index in [1.165, 1.54) is 13.3 Å². The highest BCUT2D eigenvalue weighted by atomic mass is 16.4. The lowest BCUT2D eigenvalue weighted by molar-refractivity contribution is -0.308. The third kappa shape index (κ3) is 4.42. The summed E-state index contributed by atoms with van der Waals surface area (Å²) in [6, 6.07) is -2.17. The molecule has 150 valence electrons. The lowest BCUT2D eigenvalue weighted by atomic mass is 9.51. The number of carboxylic acids is 1.